The molecule has 0 aliphatic carbocycles. The maximum Gasteiger partial charge on any atom is 0.227 e. The van der Waals surface area contributed by atoms with Crippen LogP contribution in [0.4, 0.5) is 0 Å². The van der Waals surface area contributed by atoms with Crippen molar-refractivity contribution in [2.75, 3.05) is 6.54 Å². The van der Waals surface area contributed by atoms with Crippen LogP contribution in [0.25, 0.3) is 11.4 Å². The van der Waals surface area contributed by atoms with E-state index in [1.54, 1.807) is 24.7 Å². The van der Waals surface area contributed by atoms with Crippen LogP contribution in [0.1, 0.15) is 18.0 Å². The second-order valence-corrected chi connectivity index (χ2v) is 5.17. The number of hydrogen-bond donors (Lipinski definition) is 1. The lowest BCUT2D eigenvalue weighted by Gasteiger charge is -2.03. The van der Waals surface area contributed by atoms with Gasteiger partial charge in [-0.3, -0.25) is 14.8 Å². The summed E-state index contributed by atoms with van der Waals surface area (Å²) in [5, 5.41) is 6.76. The molecule has 3 aromatic heterocycles. The van der Waals surface area contributed by atoms with Crippen LogP contribution in [0.3, 0.4) is 0 Å². The van der Waals surface area contributed by atoms with Crippen molar-refractivity contribution in [3.8, 4) is 11.4 Å². The van der Waals surface area contributed by atoms with Gasteiger partial charge in [0.15, 0.2) is 0 Å². The molecular formula is C17H17N5O2. The normalized spacial score (nSPS) is 10.5. The molecule has 0 aliphatic rings. The molecule has 0 fully saturated rings. The Morgan fingerprint density at radius 1 is 1.12 bits per heavy atom. The molecule has 3 heterocycles. The molecule has 0 aliphatic heterocycles. The maximum absolute atomic E-state index is 11.9. The van der Waals surface area contributed by atoms with E-state index in [1.165, 1.54) is 0 Å². The van der Waals surface area contributed by atoms with E-state index in [4.69, 9.17) is 4.52 Å². The van der Waals surface area contributed by atoms with Gasteiger partial charge in [-0.2, -0.15) is 4.98 Å². The van der Waals surface area contributed by atoms with E-state index in [0.29, 0.717) is 37.5 Å². The fraction of sp³-hybridized carbons (Fsp3) is 0.235. The zero-order valence-electron chi connectivity index (χ0n) is 13.1. The summed E-state index contributed by atoms with van der Waals surface area (Å²) in [6.07, 6.45) is 6.50. The summed E-state index contributed by atoms with van der Waals surface area (Å²) in [4.78, 5) is 24.3. The zero-order chi connectivity index (χ0) is 16.6. The van der Waals surface area contributed by atoms with Crippen molar-refractivity contribution < 1.29 is 9.32 Å². The molecule has 0 atom stereocenters. The number of carbonyl (C=O) groups excluding carboxylic acids is 1. The lowest BCUT2D eigenvalue weighted by atomic mass is 10.2. The molecule has 3 rings (SSSR count). The Bertz CT molecular complexity index is 774. The number of carbonyl (C=O) groups is 1. The first-order valence-corrected chi connectivity index (χ1v) is 7.71. The van der Waals surface area contributed by atoms with Crippen molar-refractivity contribution >= 4 is 5.91 Å². The molecule has 0 saturated heterocycles. The van der Waals surface area contributed by atoms with Crippen molar-refractivity contribution in [3.63, 3.8) is 0 Å². The van der Waals surface area contributed by atoms with E-state index in [2.05, 4.69) is 25.4 Å². The van der Waals surface area contributed by atoms with Crippen LogP contribution in [-0.4, -0.2) is 32.6 Å². The predicted octanol–water partition coefficient (Wildman–Crippen LogP) is 1.82. The third kappa shape index (κ3) is 4.45. The topological polar surface area (TPSA) is 93.8 Å². The molecule has 0 spiro atoms. The van der Waals surface area contributed by atoms with Crippen molar-refractivity contribution in [1.29, 1.82) is 0 Å². The van der Waals surface area contributed by atoms with Crippen molar-refractivity contribution in [3.05, 3.63) is 60.5 Å². The summed E-state index contributed by atoms with van der Waals surface area (Å²) < 4.78 is 5.16. The van der Waals surface area contributed by atoms with Crippen molar-refractivity contribution in [1.82, 2.24) is 25.4 Å². The Kier molecular flexibility index (Phi) is 5.24. The zero-order valence-corrected chi connectivity index (χ0v) is 13.1. The minimum Gasteiger partial charge on any atom is -0.356 e. The van der Waals surface area contributed by atoms with Crippen LogP contribution in [0, 0.1) is 0 Å². The summed E-state index contributed by atoms with van der Waals surface area (Å²) in [6, 6.07) is 9.39. The van der Waals surface area contributed by atoms with Crippen LogP contribution in [0.15, 0.2) is 53.4 Å². The van der Waals surface area contributed by atoms with E-state index in [1.807, 2.05) is 24.3 Å². The molecule has 0 saturated carbocycles. The Morgan fingerprint density at radius 3 is 2.88 bits per heavy atom. The van der Waals surface area contributed by atoms with Gasteiger partial charge < -0.3 is 9.84 Å². The number of nitrogens with zero attached hydrogens (tertiary/aromatic N) is 4. The van der Waals surface area contributed by atoms with E-state index in [-0.39, 0.29) is 5.91 Å². The van der Waals surface area contributed by atoms with Crippen molar-refractivity contribution in [2.24, 2.45) is 0 Å². The number of rotatable bonds is 7. The van der Waals surface area contributed by atoms with Gasteiger partial charge in [0.2, 0.25) is 17.6 Å². The lowest BCUT2D eigenvalue weighted by molar-refractivity contribution is -0.121. The van der Waals surface area contributed by atoms with Crippen LogP contribution in [-0.2, 0) is 17.6 Å². The second-order valence-electron chi connectivity index (χ2n) is 5.17. The number of aryl methyl sites for hydroxylation is 1. The number of amides is 1. The average molecular weight is 323 g/mol. The summed E-state index contributed by atoms with van der Waals surface area (Å²) in [5.41, 5.74) is 1.74. The van der Waals surface area contributed by atoms with Crippen LogP contribution in [0.2, 0.25) is 0 Å². The molecule has 7 nitrogen and oxygen atoms in total. The molecule has 7 heteroatoms. The Labute approximate surface area is 139 Å². The number of hydrogen-bond acceptors (Lipinski definition) is 6. The van der Waals surface area contributed by atoms with Crippen LogP contribution in [0.5, 0.6) is 0 Å². The highest BCUT2D eigenvalue weighted by Crippen LogP contribution is 2.14. The third-order valence-electron chi connectivity index (χ3n) is 3.38. The summed E-state index contributed by atoms with van der Waals surface area (Å²) in [6.45, 7) is 0.556. The quantitative estimate of drug-likeness (QED) is 0.713. The van der Waals surface area contributed by atoms with Gasteiger partial charge in [-0.1, -0.05) is 11.2 Å². The average Bonchev–Trinajstić information content (AvgIpc) is 3.11. The van der Waals surface area contributed by atoms with Gasteiger partial charge >= 0.3 is 0 Å². The molecule has 0 unspecified atom stereocenters. The fourth-order valence-corrected chi connectivity index (χ4v) is 2.15. The highest BCUT2D eigenvalue weighted by molar-refractivity contribution is 5.76. The predicted molar refractivity (Wildman–Crippen MR) is 86.8 cm³/mol. The Morgan fingerprint density at radius 2 is 2.08 bits per heavy atom. The van der Waals surface area contributed by atoms with Gasteiger partial charge in [-0.15, -0.1) is 0 Å². The molecule has 1 N–H and O–H groups in total. The smallest absolute Gasteiger partial charge is 0.227 e. The van der Waals surface area contributed by atoms with E-state index in [9.17, 15) is 4.79 Å². The molecule has 0 aromatic carbocycles. The number of aromatic nitrogens is 4. The SMILES string of the molecule is O=C(CCc1nc(-c2cccnc2)no1)NCCc1ccccn1. The molecule has 0 bridgehead atoms. The first-order valence-electron chi connectivity index (χ1n) is 7.71. The molecule has 0 radical (unpaired) electrons. The summed E-state index contributed by atoms with van der Waals surface area (Å²) in [5.74, 6) is 0.870. The largest absolute Gasteiger partial charge is 0.356 e. The van der Waals surface area contributed by atoms with Crippen LogP contribution >= 0.6 is 0 Å². The summed E-state index contributed by atoms with van der Waals surface area (Å²) >= 11 is 0. The van der Waals surface area contributed by atoms with Crippen molar-refractivity contribution in [2.45, 2.75) is 19.3 Å². The molecule has 3 aromatic rings. The second kappa shape index (κ2) is 7.96. The first kappa shape index (κ1) is 15.8. The Balaban J connectivity index is 1.42. The van der Waals surface area contributed by atoms with Gasteiger partial charge in [-0.05, 0) is 24.3 Å². The highest BCUT2D eigenvalue weighted by atomic mass is 16.5. The van der Waals surface area contributed by atoms with Gasteiger partial charge in [0.25, 0.3) is 0 Å². The fourth-order valence-electron chi connectivity index (χ4n) is 2.15. The van der Waals surface area contributed by atoms with Gasteiger partial charge in [0.1, 0.15) is 0 Å². The molecule has 1 amide bonds. The Hall–Kier alpha value is -3.09. The number of nitrogens with one attached hydrogen (secondary N) is 1. The van der Waals surface area contributed by atoms with E-state index in [0.717, 1.165) is 11.3 Å². The van der Waals surface area contributed by atoms with Gasteiger partial charge in [0, 0.05) is 55.7 Å². The molecular weight excluding hydrogens is 306 g/mol. The maximum atomic E-state index is 11.9. The van der Waals surface area contributed by atoms with Gasteiger partial charge in [-0.25, -0.2) is 0 Å². The summed E-state index contributed by atoms with van der Waals surface area (Å²) in [7, 11) is 0. The van der Waals surface area contributed by atoms with E-state index >= 15 is 0 Å². The number of pyridine rings is 2. The minimum absolute atomic E-state index is 0.0490. The monoisotopic (exact) mass is 323 g/mol. The van der Waals surface area contributed by atoms with Gasteiger partial charge in [0.05, 0.1) is 0 Å². The highest BCUT2D eigenvalue weighted by Gasteiger charge is 2.10. The standard InChI is InChI=1S/C17H17N5O2/c23-15(20-11-8-14-5-1-2-10-19-14)6-7-16-21-17(22-24-16)13-4-3-9-18-12-13/h1-5,9-10,12H,6-8,11H2,(H,20,23). The molecule has 24 heavy (non-hydrogen) atoms. The molecule has 122 valence electrons. The first-order chi connectivity index (χ1) is 11.8. The lowest BCUT2D eigenvalue weighted by Crippen LogP contribution is -2.26. The minimum atomic E-state index is -0.0490. The van der Waals surface area contributed by atoms with E-state index < -0.39 is 0 Å². The third-order valence-corrected chi connectivity index (χ3v) is 3.38. The van der Waals surface area contributed by atoms with Crippen LogP contribution < -0.4 is 5.32 Å².